The van der Waals surface area contributed by atoms with Gasteiger partial charge in [-0.05, 0) is 77.5 Å². The van der Waals surface area contributed by atoms with Crippen LogP contribution in [0.5, 0.6) is 0 Å². The highest BCUT2D eigenvalue weighted by molar-refractivity contribution is 7.89. The second kappa shape index (κ2) is 9.16. The van der Waals surface area contributed by atoms with Crippen molar-refractivity contribution >= 4 is 27.3 Å². The maximum atomic E-state index is 12.7. The average Bonchev–Trinajstić information content (AvgIpc) is 3.06. The topological polar surface area (TPSA) is 88.2 Å². The van der Waals surface area contributed by atoms with Crippen LogP contribution in [0.25, 0.3) is 0 Å². The molecular weight excluding hydrogens is 418 g/mol. The highest BCUT2D eigenvalue weighted by atomic mass is 32.2. The van der Waals surface area contributed by atoms with Crippen molar-refractivity contribution in [2.45, 2.75) is 76.7 Å². The largest absolute Gasteiger partial charge is 0.352 e. The van der Waals surface area contributed by atoms with E-state index in [0.717, 1.165) is 36.3 Å². The fourth-order valence-corrected chi connectivity index (χ4v) is 6.17. The van der Waals surface area contributed by atoms with Crippen LogP contribution in [0.3, 0.4) is 0 Å². The molecule has 0 spiro atoms. The molecule has 8 heteroatoms. The number of nitrogens with zero attached hydrogens (tertiary/aromatic N) is 1. The molecule has 0 radical (unpaired) electrons. The highest BCUT2D eigenvalue weighted by Gasteiger charge is 2.23. The first kappa shape index (κ1) is 22.9. The number of fused-ring (bicyclic) bond motifs is 1. The Morgan fingerprint density at radius 1 is 1.20 bits per heavy atom. The molecule has 0 saturated carbocycles. The number of aromatic nitrogens is 1. The van der Waals surface area contributed by atoms with Gasteiger partial charge in [-0.1, -0.05) is 6.07 Å². The van der Waals surface area contributed by atoms with Crippen molar-refractivity contribution in [3.8, 4) is 0 Å². The van der Waals surface area contributed by atoms with Gasteiger partial charge in [0.05, 0.1) is 15.6 Å². The van der Waals surface area contributed by atoms with Gasteiger partial charge < -0.3 is 5.32 Å². The number of nitrogens with one attached hydrogen (secondary N) is 2. The molecule has 0 unspecified atom stereocenters. The SMILES string of the molecule is Cc1ccc(S(=O)(=O)NC(C)(C)C)cc1C(=O)NCCCc1nc2c(s1)CCCC2. The van der Waals surface area contributed by atoms with Crippen molar-refractivity contribution < 1.29 is 13.2 Å². The molecule has 0 bridgehead atoms. The Kier molecular flexibility index (Phi) is 6.99. The van der Waals surface area contributed by atoms with Gasteiger partial charge in [0.15, 0.2) is 0 Å². The van der Waals surface area contributed by atoms with Crippen LogP contribution in [0, 0.1) is 6.92 Å². The number of thiazole rings is 1. The van der Waals surface area contributed by atoms with Crippen LogP contribution in [0.15, 0.2) is 23.1 Å². The van der Waals surface area contributed by atoms with Gasteiger partial charge in [-0.3, -0.25) is 4.79 Å². The van der Waals surface area contributed by atoms with Crippen molar-refractivity contribution in [1.29, 1.82) is 0 Å². The summed E-state index contributed by atoms with van der Waals surface area (Å²) in [5, 5.41) is 4.07. The van der Waals surface area contributed by atoms with E-state index in [1.54, 1.807) is 38.2 Å². The third-order valence-electron chi connectivity index (χ3n) is 4.95. The Labute approximate surface area is 183 Å². The number of carbonyl (C=O) groups excluding carboxylic acids is 1. The molecule has 1 aliphatic rings. The van der Waals surface area contributed by atoms with Crippen LogP contribution in [0.4, 0.5) is 0 Å². The Hall–Kier alpha value is -1.77. The quantitative estimate of drug-likeness (QED) is 0.630. The first-order chi connectivity index (χ1) is 14.0. The second-order valence-electron chi connectivity index (χ2n) is 8.88. The molecule has 0 atom stereocenters. The van der Waals surface area contributed by atoms with Crippen LogP contribution in [-0.4, -0.2) is 31.4 Å². The second-order valence-corrected chi connectivity index (χ2v) is 11.7. The van der Waals surface area contributed by atoms with E-state index in [9.17, 15) is 13.2 Å². The predicted molar refractivity (Wildman–Crippen MR) is 121 cm³/mol. The Balaban J connectivity index is 1.59. The molecule has 1 aliphatic carbocycles. The minimum absolute atomic E-state index is 0.0986. The summed E-state index contributed by atoms with van der Waals surface area (Å²) >= 11 is 1.80. The number of aryl methyl sites for hydroxylation is 4. The summed E-state index contributed by atoms with van der Waals surface area (Å²) in [4.78, 5) is 18.9. The summed E-state index contributed by atoms with van der Waals surface area (Å²) in [6.45, 7) is 7.68. The number of hydrogen-bond donors (Lipinski definition) is 2. The highest BCUT2D eigenvalue weighted by Crippen LogP contribution is 2.27. The molecule has 1 aromatic carbocycles. The van der Waals surface area contributed by atoms with Gasteiger partial charge in [-0.25, -0.2) is 18.1 Å². The van der Waals surface area contributed by atoms with Crippen LogP contribution in [-0.2, 0) is 29.3 Å². The number of amides is 1. The minimum Gasteiger partial charge on any atom is -0.352 e. The van der Waals surface area contributed by atoms with Gasteiger partial charge in [0, 0.05) is 28.9 Å². The lowest BCUT2D eigenvalue weighted by atomic mass is 10.0. The third kappa shape index (κ3) is 5.89. The summed E-state index contributed by atoms with van der Waals surface area (Å²) in [5.41, 5.74) is 1.80. The van der Waals surface area contributed by atoms with Gasteiger partial charge in [0.1, 0.15) is 0 Å². The molecule has 3 rings (SSSR count). The Morgan fingerprint density at radius 3 is 2.63 bits per heavy atom. The zero-order valence-corrected chi connectivity index (χ0v) is 19.8. The van der Waals surface area contributed by atoms with E-state index < -0.39 is 15.6 Å². The van der Waals surface area contributed by atoms with Crippen molar-refractivity contribution in [2.24, 2.45) is 0 Å². The summed E-state index contributed by atoms with van der Waals surface area (Å²) in [5.74, 6) is -0.251. The molecule has 2 aromatic rings. The molecule has 2 N–H and O–H groups in total. The molecule has 1 aromatic heterocycles. The average molecular weight is 450 g/mol. The first-order valence-electron chi connectivity index (χ1n) is 10.5. The van der Waals surface area contributed by atoms with Crippen molar-refractivity contribution in [2.75, 3.05) is 6.54 Å². The van der Waals surface area contributed by atoms with Crippen LogP contribution < -0.4 is 10.0 Å². The third-order valence-corrected chi connectivity index (χ3v) is 7.92. The summed E-state index contributed by atoms with van der Waals surface area (Å²) in [7, 11) is -3.69. The van der Waals surface area contributed by atoms with E-state index in [-0.39, 0.29) is 10.8 Å². The summed E-state index contributed by atoms with van der Waals surface area (Å²) in [6.07, 6.45) is 6.37. The maximum absolute atomic E-state index is 12.7. The molecule has 0 saturated heterocycles. The zero-order chi connectivity index (χ0) is 21.9. The molecule has 0 aliphatic heterocycles. The van der Waals surface area contributed by atoms with E-state index in [1.807, 2.05) is 6.92 Å². The van der Waals surface area contributed by atoms with Crippen molar-refractivity contribution in [3.05, 3.63) is 44.9 Å². The van der Waals surface area contributed by atoms with E-state index in [4.69, 9.17) is 4.98 Å². The lowest BCUT2D eigenvalue weighted by Crippen LogP contribution is -2.40. The van der Waals surface area contributed by atoms with E-state index in [0.29, 0.717) is 12.1 Å². The fourth-order valence-electron chi connectivity index (χ4n) is 3.52. The predicted octanol–water partition coefficient (Wildman–Crippen LogP) is 3.77. The number of carbonyl (C=O) groups is 1. The van der Waals surface area contributed by atoms with Crippen LogP contribution >= 0.6 is 11.3 Å². The van der Waals surface area contributed by atoms with E-state index in [1.165, 1.54) is 35.5 Å². The molecular formula is C22H31N3O3S2. The molecule has 1 amide bonds. The fraction of sp³-hybridized carbons (Fsp3) is 0.545. The van der Waals surface area contributed by atoms with Crippen molar-refractivity contribution in [1.82, 2.24) is 15.0 Å². The van der Waals surface area contributed by atoms with E-state index >= 15 is 0 Å². The van der Waals surface area contributed by atoms with Crippen LogP contribution in [0.2, 0.25) is 0 Å². The molecule has 0 fully saturated rings. The number of benzene rings is 1. The normalized spacial score (nSPS) is 14.4. The maximum Gasteiger partial charge on any atom is 0.251 e. The van der Waals surface area contributed by atoms with Gasteiger partial charge in [-0.2, -0.15) is 0 Å². The first-order valence-corrected chi connectivity index (χ1v) is 12.8. The monoisotopic (exact) mass is 449 g/mol. The lowest BCUT2D eigenvalue weighted by molar-refractivity contribution is 0.0952. The summed E-state index contributed by atoms with van der Waals surface area (Å²) < 4.78 is 27.8. The number of rotatable bonds is 7. The van der Waals surface area contributed by atoms with Crippen molar-refractivity contribution in [3.63, 3.8) is 0 Å². The Morgan fingerprint density at radius 2 is 1.93 bits per heavy atom. The van der Waals surface area contributed by atoms with Gasteiger partial charge >= 0.3 is 0 Å². The van der Waals surface area contributed by atoms with Gasteiger partial charge in [0.2, 0.25) is 10.0 Å². The van der Waals surface area contributed by atoms with Crippen LogP contribution in [0.1, 0.15) is 71.5 Å². The smallest absolute Gasteiger partial charge is 0.251 e. The van der Waals surface area contributed by atoms with Gasteiger partial charge in [0.25, 0.3) is 5.91 Å². The lowest BCUT2D eigenvalue weighted by Gasteiger charge is -2.20. The van der Waals surface area contributed by atoms with Gasteiger partial charge in [-0.15, -0.1) is 11.3 Å². The van der Waals surface area contributed by atoms with E-state index in [2.05, 4.69) is 10.0 Å². The molecule has 30 heavy (non-hydrogen) atoms. The zero-order valence-electron chi connectivity index (χ0n) is 18.2. The Bertz CT molecular complexity index is 997. The summed E-state index contributed by atoms with van der Waals surface area (Å²) in [6, 6.07) is 4.66. The minimum atomic E-state index is -3.69. The molecule has 1 heterocycles. The molecule has 164 valence electrons. The standard InChI is InChI=1S/C22H31N3O3S2/c1-15-11-12-16(30(27,28)25-22(2,3)4)14-17(15)21(26)23-13-7-10-20-24-18-8-5-6-9-19(18)29-20/h11-12,14,25H,5-10,13H2,1-4H3,(H,23,26). The molecule has 6 nitrogen and oxygen atoms in total. The number of hydrogen-bond acceptors (Lipinski definition) is 5. The number of sulfonamides is 1.